The van der Waals surface area contributed by atoms with Crippen molar-refractivity contribution >= 4 is 33.6 Å². The van der Waals surface area contributed by atoms with Crippen molar-refractivity contribution < 1.29 is 23.9 Å². The van der Waals surface area contributed by atoms with Crippen LogP contribution in [0.2, 0.25) is 0 Å². The van der Waals surface area contributed by atoms with Gasteiger partial charge in [-0.05, 0) is 38.0 Å². The number of carbonyl (C=O) groups is 3. The molecule has 0 atom stereocenters. The zero-order chi connectivity index (χ0) is 22.0. The molecule has 0 bridgehead atoms. The Morgan fingerprint density at radius 3 is 2.50 bits per heavy atom. The van der Waals surface area contributed by atoms with Gasteiger partial charge >= 0.3 is 0 Å². The van der Waals surface area contributed by atoms with Crippen LogP contribution in [-0.4, -0.2) is 32.4 Å². The third-order valence-corrected chi connectivity index (χ3v) is 5.22. The lowest BCUT2D eigenvalue weighted by molar-refractivity contribution is -0.305. The SMILES string of the molecule is CCc1nnc(-c2c(C)c(C(=O)c3cccc(Br)c3)c(C)n2C(=O)CCC(=O)[O-])o1. The minimum absolute atomic E-state index is 0.0996. The maximum absolute atomic E-state index is 13.3. The normalized spacial score (nSPS) is 10.9. The van der Waals surface area contributed by atoms with Crippen LogP contribution < -0.4 is 5.11 Å². The molecule has 0 saturated heterocycles. The topological polar surface area (TPSA) is 118 Å². The van der Waals surface area contributed by atoms with E-state index in [4.69, 9.17) is 4.42 Å². The highest BCUT2D eigenvalue weighted by Gasteiger charge is 2.29. The average molecular weight is 473 g/mol. The molecule has 0 aliphatic rings. The van der Waals surface area contributed by atoms with Crippen LogP contribution in [0.4, 0.5) is 0 Å². The Morgan fingerprint density at radius 2 is 1.90 bits per heavy atom. The number of benzene rings is 1. The molecule has 0 aliphatic carbocycles. The third kappa shape index (κ3) is 4.11. The Bertz CT molecular complexity index is 1150. The Hall–Kier alpha value is -3.07. The van der Waals surface area contributed by atoms with Crippen LogP contribution in [0, 0.1) is 13.8 Å². The molecular formula is C21H19BrN3O5-. The van der Waals surface area contributed by atoms with Crippen LogP contribution in [0.25, 0.3) is 11.6 Å². The van der Waals surface area contributed by atoms with Gasteiger partial charge in [0, 0.05) is 40.1 Å². The first kappa shape index (κ1) is 21.6. The van der Waals surface area contributed by atoms with E-state index >= 15 is 0 Å². The minimum Gasteiger partial charge on any atom is -0.550 e. The van der Waals surface area contributed by atoms with Crippen molar-refractivity contribution in [3.8, 4) is 11.6 Å². The molecule has 2 heterocycles. The predicted molar refractivity (Wildman–Crippen MR) is 109 cm³/mol. The van der Waals surface area contributed by atoms with Gasteiger partial charge in [-0.25, -0.2) is 0 Å². The van der Waals surface area contributed by atoms with Crippen molar-refractivity contribution in [2.45, 2.75) is 40.0 Å². The van der Waals surface area contributed by atoms with Gasteiger partial charge in [0.1, 0.15) is 5.69 Å². The van der Waals surface area contributed by atoms with E-state index in [9.17, 15) is 19.5 Å². The number of ketones is 1. The van der Waals surface area contributed by atoms with Crippen LogP contribution in [0.1, 0.15) is 57.6 Å². The summed E-state index contributed by atoms with van der Waals surface area (Å²) in [5, 5.41) is 18.8. The highest BCUT2D eigenvalue weighted by molar-refractivity contribution is 9.10. The van der Waals surface area contributed by atoms with E-state index in [1.54, 1.807) is 38.1 Å². The fraction of sp³-hybridized carbons (Fsp3) is 0.286. The van der Waals surface area contributed by atoms with E-state index in [2.05, 4.69) is 26.1 Å². The molecule has 0 radical (unpaired) electrons. The summed E-state index contributed by atoms with van der Waals surface area (Å²) in [6, 6.07) is 6.93. The van der Waals surface area contributed by atoms with E-state index in [-0.39, 0.29) is 18.1 Å². The molecule has 1 aromatic carbocycles. The molecule has 2 aromatic heterocycles. The first-order valence-electron chi connectivity index (χ1n) is 9.32. The second-order valence-electron chi connectivity index (χ2n) is 6.73. The molecule has 0 spiro atoms. The first-order valence-corrected chi connectivity index (χ1v) is 10.1. The number of carboxylic acid groups (broad SMARTS) is 1. The lowest BCUT2D eigenvalue weighted by Gasteiger charge is -2.09. The highest BCUT2D eigenvalue weighted by atomic mass is 79.9. The van der Waals surface area contributed by atoms with Crippen molar-refractivity contribution in [2.24, 2.45) is 0 Å². The standard InChI is InChI=1S/C21H20BrN3O5/c1-4-15-23-24-21(30-15)19-11(2)18(20(29)13-6-5-7-14(22)10-13)12(3)25(19)16(26)8-9-17(27)28/h5-7,10H,4,8-9H2,1-3H3,(H,27,28)/p-1. The van der Waals surface area contributed by atoms with Crippen LogP contribution in [0.3, 0.4) is 0 Å². The van der Waals surface area contributed by atoms with Gasteiger partial charge in [0.05, 0.1) is 0 Å². The molecule has 30 heavy (non-hydrogen) atoms. The summed E-state index contributed by atoms with van der Waals surface area (Å²) in [6.45, 7) is 5.18. The van der Waals surface area contributed by atoms with E-state index in [1.165, 1.54) is 4.57 Å². The van der Waals surface area contributed by atoms with Gasteiger partial charge < -0.3 is 14.3 Å². The van der Waals surface area contributed by atoms with Crippen molar-refractivity contribution in [2.75, 3.05) is 0 Å². The molecule has 3 aromatic rings. The van der Waals surface area contributed by atoms with Gasteiger partial charge in [-0.2, -0.15) is 0 Å². The molecule has 3 rings (SSSR count). The lowest BCUT2D eigenvalue weighted by Crippen LogP contribution is -2.24. The number of aryl methyl sites for hydroxylation is 1. The lowest BCUT2D eigenvalue weighted by atomic mass is 10.00. The maximum Gasteiger partial charge on any atom is 0.265 e. The number of carbonyl (C=O) groups excluding carboxylic acids is 3. The molecule has 0 N–H and O–H groups in total. The highest BCUT2D eigenvalue weighted by Crippen LogP contribution is 2.33. The Labute approximate surface area is 181 Å². The summed E-state index contributed by atoms with van der Waals surface area (Å²) in [7, 11) is 0. The number of hydrogen-bond donors (Lipinski definition) is 0. The Balaban J connectivity index is 2.19. The van der Waals surface area contributed by atoms with Crippen LogP contribution in [0.15, 0.2) is 33.2 Å². The van der Waals surface area contributed by atoms with Crippen LogP contribution in [0.5, 0.6) is 0 Å². The van der Waals surface area contributed by atoms with Gasteiger partial charge in [-0.15, -0.1) is 10.2 Å². The van der Waals surface area contributed by atoms with Crippen LogP contribution in [-0.2, 0) is 11.2 Å². The molecular weight excluding hydrogens is 454 g/mol. The Morgan fingerprint density at radius 1 is 1.17 bits per heavy atom. The molecule has 0 unspecified atom stereocenters. The second kappa shape index (κ2) is 8.74. The summed E-state index contributed by atoms with van der Waals surface area (Å²) < 4.78 is 7.68. The largest absolute Gasteiger partial charge is 0.550 e. The second-order valence-corrected chi connectivity index (χ2v) is 7.64. The molecule has 0 saturated carbocycles. The summed E-state index contributed by atoms with van der Waals surface area (Å²) in [6.07, 6.45) is -0.217. The zero-order valence-electron chi connectivity index (χ0n) is 16.7. The van der Waals surface area contributed by atoms with Crippen molar-refractivity contribution in [1.29, 1.82) is 0 Å². The summed E-state index contributed by atoms with van der Waals surface area (Å²) in [4.78, 5) is 37.0. The number of carboxylic acids is 1. The molecule has 0 amide bonds. The fourth-order valence-electron chi connectivity index (χ4n) is 3.33. The monoisotopic (exact) mass is 472 g/mol. The molecule has 0 fully saturated rings. The smallest absolute Gasteiger partial charge is 0.265 e. The van der Waals surface area contributed by atoms with E-state index in [0.29, 0.717) is 40.4 Å². The van der Waals surface area contributed by atoms with E-state index in [0.717, 1.165) is 4.47 Å². The van der Waals surface area contributed by atoms with Crippen molar-refractivity contribution in [3.05, 3.63) is 57.0 Å². The number of nitrogens with zero attached hydrogens (tertiary/aromatic N) is 3. The van der Waals surface area contributed by atoms with E-state index in [1.807, 2.05) is 6.92 Å². The number of aromatic nitrogens is 3. The van der Waals surface area contributed by atoms with Crippen molar-refractivity contribution in [3.63, 3.8) is 0 Å². The number of hydrogen-bond acceptors (Lipinski definition) is 7. The zero-order valence-corrected chi connectivity index (χ0v) is 18.3. The fourth-order valence-corrected chi connectivity index (χ4v) is 3.73. The predicted octanol–water partition coefficient (Wildman–Crippen LogP) is 2.88. The number of aliphatic carboxylic acids is 1. The number of rotatable bonds is 7. The van der Waals surface area contributed by atoms with Gasteiger partial charge in [0.15, 0.2) is 5.78 Å². The minimum atomic E-state index is -1.33. The molecule has 0 aliphatic heterocycles. The number of halogens is 1. The maximum atomic E-state index is 13.3. The van der Waals surface area contributed by atoms with Gasteiger partial charge in [0.25, 0.3) is 5.89 Å². The van der Waals surface area contributed by atoms with Crippen LogP contribution >= 0.6 is 15.9 Å². The quantitative estimate of drug-likeness (QED) is 0.484. The summed E-state index contributed by atoms with van der Waals surface area (Å²) in [5.74, 6) is -1.61. The van der Waals surface area contributed by atoms with Gasteiger partial charge in [0.2, 0.25) is 11.8 Å². The third-order valence-electron chi connectivity index (χ3n) is 4.73. The van der Waals surface area contributed by atoms with Crippen molar-refractivity contribution in [1.82, 2.24) is 14.8 Å². The molecule has 8 nitrogen and oxygen atoms in total. The first-order chi connectivity index (χ1) is 14.2. The molecule has 156 valence electrons. The Kier molecular flexibility index (Phi) is 6.31. The molecule has 9 heteroatoms. The van der Waals surface area contributed by atoms with Gasteiger partial charge in [-0.1, -0.05) is 35.0 Å². The average Bonchev–Trinajstić information content (AvgIpc) is 3.27. The van der Waals surface area contributed by atoms with E-state index < -0.39 is 18.3 Å². The summed E-state index contributed by atoms with van der Waals surface area (Å²) in [5.41, 5.74) is 1.96. The van der Waals surface area contributed by atoms with Gasteiger partial charge in [-0.3, -0.25) is 14.2 Å². The summed E-state index contributed by atoms with van der Waals surface area (Å²) >= 11 is 3.36.